The summed E-state index contributed by atoms with van der Waals surface area (Å²) >= 11 is 7.62. The monoisotopic (exact) mass is 407 g/mol. The standard InChI is InChI=1S/C12H11BrINS/c1-7-5-10(13)12(16-7)11(15)8-3-2-4-9(14)6-8/h2-6,11H,15H2,1H3. The highest BCUT2D eigenvalue weighted by Crippen LogP contribution is 2.34. The first-order chi connectivity index (χ1) is 7.58. The predicted octanol–water partition coefficient (Wildman–Crippen LogP) is 4.47. The molecular formula is C12H11BrINS. The summed E-state index contributed by atoms with van der Waals surface area (Å²) in [4.78, 5) is 2.47. The van der Waals surface area contributed by atoms with E-state index in [1.165, 1.54) is 13.3 Å². The molecule has 16 heavy (non-hydrogen) atoms. The number of benzene rings is 1. The predicted molar refractivity (Wildman–Crippen MR) is 81.9 cm³/mol. The number of nitrogens with two attached hydrogens (primary N) is 1. The smallest absolute Gasteiger partial charge is 0.0657 e. The molecule has 1 heterocycles. The van der Waals surface area contributed by atoms with E-state index < -0.39 is 0 Å². The van der Waals surface area contributed by atoms with Crippen LogP contribution < -0.4 is 5.73 Å². The van der Waals surface area contributed by atoms with Gasteiger partial charge in [0.05, 0.1) is 6.04 Å². The lowest BCUT2D eigenvalue weighted by Crippen LogP contribution is -2.10. The van der Waals surface area contributed by atoms with Gasteiger partial charge in [0.25, 0.3) is 0 Å². The van der Waals surface area contributed by atoms with Crippen molar-refractivity contribution in [2.24, 2.45) is 5.73 Å². The summed E-state index contributed by atoms with van der Waals surface area (Å²) in [7, 11) is 0. The second kappa shape index (κ2) is 5.16. The normalized spacial score (nSPS) is 12.8. The summed E-state index contributed by atoms with van der Waals surface area (Å²) in [5.74, 6) is 0. The van der Waals surface area contributed by atoms with Gasteiger partial charge in [-0.05, 0) is 69.2 Å². The zero-order chi connectivity index (χ0) is 11.7. The number of halogens is 2. The largest absolute Gasteiger partial charge is 0.320 e. The Morgan fingerprint density at radius 3 is 2.69 bits per heavy atom. The molecule has 0 fully saturated rings. The fourth-order valence-electron chi connectivity index (χ4n) is 1.56. The lowest BCUT2D eigenvalue weighted by molar-refractivity contribution is 0.888. The molecule has 4 heteroatoms. The van der Waals surface area contributed by atoms with Gasteiger partial charge in [0.2, 0.25) is 0 Å². The average Bonchev–Trinajstić information content (AvgIpc) is 2.57. The molecule has 1 nitrogen and oxygen atoms in total. The highest BCUT2D eigenvalue weighted by molar-refractivity contribution is 14.1. The third-order valence-corrected chi connectivity index (χ3v) is 5.05. The highest BCUT2D eigenvalue weighted by Gasteiger charge is 2.15. The first kappa shape index (κ1) is 12.5. The van der Waals surface area contributed by atoms with Crippen LogP contribution in [0.5, 0.6) is 0 Å². The van der Waals surface area contributed by atoms with E-state index in [1.54, 1.807) is 11.3 Å². The molecule has 0 aliphatic heterocycles. The van der Waals surface area contributed by atoms with Gasteiger partial charge in [0, 0.05) is 17.8 Å². The fourth-order valence-corrected chi connectivity index (χ4v) is 4.06. The van der Waals surface area contributed by atoms with Crippen LogP contribution in [-0.4, -0.2) is 0 Å². The zero-order valence-electron chi connectivity index (χ0n) is 8.71. The minimum absolute atomic E-state index is 0.0391. The highest BCUT2D eigenvalue weighted by atomic mass is 127. The molecule has 84 valence electrons. The van der Waals surface area contributed by atoms with Crippen molar-refractivity contribution in [1.82, 2.24) is 0 Å². The Bertz CT molecular complexity index is 509. The van der Waals surface area contributed by atoms with Crippen molar-refractivity contribution < 1.29 is 0 Å². The van der Waals surface area contributed by atoms with Gasteiger partial charge < -0.3 is 5.73 Å². The van der Waals surface area contributed by atoms with Crippen LogP contribution in [0, 0.1) is 10.5 Å². The second-order valence-corrected chi connectivity index (χ2v) is 6.99. The number of aryl methyl sites for hydroxylation is 1. The maximum Gasteiger partial charge on any atom is 0.0657 e. The van der Waals surface area contributed by atoms with Crippen LogP contribution in [0.4, 0.5) is 0 Å². The Morgan fingerprint density at radius 1 is 1.38 bits per heavy atom. The van der Waals surface area contributed by atoms with Crippen molar-refractivity contribution in [2.45, 2.75) is 13.0 Å². The summed E-state index contributed by atoms with van der Waals surface area (Å²) < 4.78 is 2.33. The molecule has 0 saturated carbocycles. The van der Waals surface area contributed by atoms with E-state index in [1.807, 2.05) is 6.07 Å². The molecule has 2 N–H and O–H groups in total. The molecule has 0 aliphatic carbocycles. The van der Waals surface area contributed by atoms with Crippen LogP contribution in [0.2, 0.25) is 0 Å². The summed E-state index contributed by atoms with van der Waals surface area (Å²) in [6.07, 6.45) is 0. The molecule has 0 amide bonds. The van der Waals surface area contributed by atoms with Crippen LogP contribution in [-0.2, 0) is 0 Å². The summed E-state index contributed by atoms with van der Waals surface area (Å²) in [5, 5.41) is 0. The van der Waals surface area contributed by atoms with Crippen molar-refractivity contribution in [3.63, 3.8) is 0 Å². The van der Waals surface area contributed by atoms with Crippen molar-refractivity contribution in [3.05, 3.63) is 53.7 Å². The molecule has 0 aliphatic rings. The van der Waals surface area contributed by atoms with Crippen LogP contribution in [0.3, 0.4) is 0 Å². The fraction of sp³-hybridized carbons (Fsp3) is 0.167. The van der Waals surface area contributed by atoms with Crippen LogP contribution in [0.15, 0.2) is 34.8 Å². The van der Waals surface area contributed by atoms with E-state index in [4.69, 9.17) is 5.73 Å². The quantitative estimate of drug-likeness (QED) is 0.730. The minimum atomic E-state index is -0.0391. The SMILES string of the molecule is Cc1cc(Br)c(C(N)c2cccc(I)c2)s1. The summed E-state index contributed by atoms with van der Waals surface area (Å²) in [5.41, 5.74) is 7.44. The molecule has 0 spiro atoms. The van der Waals surface area contributed by atoms with Gasteiger partial charge in [0.1, 0.15) is 0 Å². The summed E-state index contributed by atoms with van der Waals surface area (Å²) in [6, 6.07) is 10.4. The van der Waals surface area contributed by atoms with Gasteiger partial charge in [0.15, 0.2) is 0 Å². The second-order valence-electron chi connectivity index (χ2n) is 3.60. The lowest BCUT2D eigenvalue weighted by atomic mass is 10.1. The first-order valence-corrected chi connectivity index (χ1v) is 7.53. The molecule has 1 atom stereocenters. The first-order valence-electron chi connectivity index (χ1n) is 4.85. The van der Waals surface area contributed by atoms with Gasteiger partial charge in [-0.1, -0.05) is 12.1 Å². The Hall–Kier alpha value is 0.0900. The molecule has 0 bridgehead atoms. The number of hydrogen-bond acceptors (Lipinski definition) is 2. The molecule has 1 aromatic heterocycles. The van der Waals surface area contributed by atoms with Gasteiger partial charge >= 0.3 is 0 Å². The van der Waals surface area contributed by atoms with Crippen LogP contribution in [0.1, 0.15) is 21.4 Å². The van der Waals surface area contributed by atoms with E-state index in [0.717, 1.165) is 10.0 Å². The van der Waals surface area contributed by atoms with Gasteiger partial charge in [-0.15, -0.1) is 11.3 Å². The van der Waals surface area contributed by atoms with Crippen LogP contribution >= 0.6 is 49.9 Å². The van der Waals surface area contributed by atoms with E-state index in [9.17, 15) is 0 Å². The molecule has 0 radical (unpaired) electrons. The van der Waals surface area contributed by atoms with Crippen molar-refractivity contribution in [1.29, 1.82) is 0 Å². The van der Waals surface area contributed by atoms with Gasteiger partial charge in [-0.2, -0.15) is 0 Å². The van der Waals surface area contributed by atoms with Gasteiger partial charge in [-0.3, -0.25) is 0 Å². The van der Waals surface area contributed by atoms with E-state index in [2.05, 4.69) is 69.7 Å². The third kappa shape index (κ3) is 2.67. The molecule has 1 unspecified atom stereocenters. The molecule has 1 aromatic carbocycles. The third-order valence-electron chi connectivity index (χ3n) is 2.33. The zero-order valence-corrected chi connectivity index (χ0v) is 13.3. The van der Waals surface area contributed by atoms with Crippen molar-refractivity contribution in [3.8, 4) is 0 Å². The van der Waals surface area contributed by atoms with E-state index in [0.29, 0.717) is 0 Å². The maximum atomic E-state index is 6.28. The number of thiophene rings is 1. The Balaban J connectivity index is 2.38. The lowest BCUT2D eigenvalue weighted by Gasteiger charge is -2.11. The van der Waals surface area contributed by atoms with Crippen molar-refractivity contribution >= 4 is 49.9 Å². The maximum absolute atomic E-state index is 6.28. The molecular weight excluding hydrogens is 397 g/mol. The van der Waals surface area contributed by atoms with Crippen molar-refractivity contribution in [2.75, 3.05) is 0 Å². The summed E-state index contributed by atoms with van der Waals surface area (Å²) in [6.45, 7) is 2.10. The molecule has 2 rings (SSSR count). The number of rotatable bonds is 2. The van der Waals surface area contributed by atoms with E-state index in [-0.39, 0.29) is 6.04 Å². The molecule has 2 aromatic rings. The minimum Gasteiger partial charge on any atom is -0.320 e. The Kier molecular flexibility index (Phi) is 4.05. The number of hydrogen-bond donors (Lipinski definition) is 1. The Morgan fingerprint density at radius 2 is 2.12 bits per heavy atom. The average molecular weight is 408 g/mol. The van der Waals surface area contributed by atoms with Gasteiger partial charge in [-0.25, -0.2) is 0 Å². The van der Waals surface area contributed by atoms with E-state index >= 15 is 0 Å². The topological polar surface area (TPSA) is 26.0 Å². The Labute approximate surface area is 121 Å². The van der Waals surface area contributed by atoms with Crippen LogP contribution in [0.25, 0.3) is 0 Å². The molecule has 0 saturated heterocycles.